The number of carboxylic acids is 1. The van der Waals surface area contributed by atoms with Gasteiger partial charge in [0, 0.05) is 6.54 Å². The first-order chi connectivity index (χ1) is 9.66. The molecule has 110 valence electrons. The average Bonchev–Trinajstić information content (AvgIpc) is 2.46. The maximum absolute atomic E-state index is 10.8. The van der Waals surface area contributed by atoms with Gasteiger partial charge in [0.1, 0.15) is 0 Å². The predicted molar refractivity (Wildman–Crippen MR) is 80.8 cm³/mol. The zero-order valence-corrected chi connectivity index (χ0v) is 12.3. The lowest BCUT2D eigenvalue weighted by atomic mass is 9.79. The van der Waals surface area contributed by atoms with E-state index in [0.717, 1.165) is 30.5 Å². The average molecular weight is 275 g/mol. The molecule has 0 aliphatic heterocycles. The van der Waals surface area contributed by atoms with Gasteiger partial charge in [0.05, 0.1) is 5.56 Å². The summed E-state index contributed by atoms with van der Waals surface area (Å²) in [7, 11) is 0. The van der Waals surface area contributed by atoms with Crippen LogP contribution in [0.4, 0.5) is 0 Å². The van der Waals surface area contributed by atoms with Crippen molar-refractivity contribution in [2.75, 3.05) is 6.54 Å². The lowest BCUT2D eigenvalue weighted by Gasteiger charge is -2.28. The van der Waals surface area contributed by atoms with E-state index in [1.807, 2.05) is 12.1 Å². The van der Waals surface area contributed by atoms with Crippen LogP contribution in [0.25, 0.3) is 0 Å². The lowest BCUT2D eigenvalue weighted by Crippen LogP contribution is -2.23. The molecule has 0 spiro atoms. The van der Waals surface area contributed by atoms with Gasteiger partial charge in [-0.3, -0.25) is 0 Å². The van der Waals surface area contributed by atoms with Gasteiger partial charge >= 0.3 is 5.97 Å². The molecule has 0 saturated heterocycles. The fraction of sp³-hybridized carbons (Fsp3) is 0.588. The quantitative estimate of drug-likeness (QED) is 0.778. The van der Waals surface area contributed by atoms with Gasteiger partial charge in [-0.1, -0.05) is 44.7 Å². The highest BCUT2D eigenvalue weighted by atomic mass is 16.4. The Labute approximate surface area is 121 Å². The number of hydrogen-bond acceptors (Lipinski definition) is 2. The summed E-state index contributed by atoms with van der Waals surface area (Å²) in [5.74, 6) is 0.891. The third kappa shape index (κ3) is 4.34. The van der Waals surface area contributed by atoms with Crippen LogP contribution in [0.2, 0.25) is 0 Å². The molecular weight excluding hydrogens is 250 g/mol. The fourth-order valence-corrected chi connectivity index (χ4v) is 3.11. The normalized spacial score (nSPS) is 22.6. The Morgan fingerprint density at radius 1 is 1.25 bits per heavy atom. The van der Waals surface area contributed by atoms with Crippen LogP contribution >= 0.6 is 0 Å². The van der Waals surface area contributed by atoms with E-state index >= 15 is 0 Å². The maximum atomic E-state index is 10.8. The summed E-state index contributed by atoms with van der Waals surface area (Å²) in [6.07, 6.45) is 6.83. The van der Waals surface area contributed by atoms with E-state index in [0.29, 0.717) is 5.56 Å². The standard InChI is InChI=1S/C17H25NO2/c1-13-4-2-3-5-15(13)10-11-18-12-14-6-8-16(9-7-14)17(19)20/h6-9,13,15,18H,2-5,10-12H2,1H3,(H,19,20). The number of rotatable bonds is 6. The van der Waals surface area contributed by atoms with Crippen molar-refractivity contribution in [2.45, 2.75) is 45.6 Å². The van der Waals surface area contributed by atoms with Gasteiger partial charge in [-0.15, -0.1) is 0 Å². The summed E-state index contributed by atoms with van der Waals surface area (Å²) in [5, 5.41) is 12.3. The van der Waals surface area contributed by atoms with Gasteiger partial charge in [-0.25, -0.2) is 4.79 Å². The van der Waals surface area contributed by atoms with Crippen LogP contribution in [0, 0.1) is 11.8 Å². The number of aromatic carboxylic acids is 1. The topological polar surface area (TPSA) is 49.3 Å². The highest BCUT2D eigenvalue weighted by Gasteiger charge is 2.20. The minimum atomic E-state index is -0.865. The molecule has 1 aliphatic carbocycles. The molecule has 1 saturated carbocycles. The van der Waals surface area contributed by atoms with Crippen LogP contribution in [0.3, 0.4) is 0 Å². The van der Waals surface area contributed by atoms with Crippen LogP contribution in [-0.4, -0.2) is 17.6 Å². The lowest BCUT2D eigenvalue weighted by molar-refractivity contribution is 0.0697. The van der Waals surface area contributed by atoms with Crippen LogP contribution in [0.15, 0.2) is 24.3 Å². The SMILES string of the molecule is CC1CCCCC1CCNCc1ccc(C(=O)O)cc1. The molecule has 2 rings (SSSR count). The third-order valence-electron chi connectivity index (χ3n) is 4.51. The van der Waals surface area contributed by atoms with Gasteiger partial charge < -0.3 is 10.4 Å². The smallest absolute Gasteiger partial charge is 0.335 e. The molecule has 0 aromatic heterocycles. The summed E-state index contributed by atoms with van der Waals surface area (Å²) < 4.78 is 0. The van der Waals surface area contributed by atoms with Crippen molar-refractivity contribution in [1.29, 1.82) is 0 Å². The van der Waals surface area contributed by atoms with Gasteiger partial charge in [-0.05, 0) is 42.5 Å². The Morgan fingerprint density at radius 2 is 1.95 bits per heavy atom. The summed E-state index contributed by atoms with van der Waals surface area (Å²) >= 11 is 0. The molecular formula is C17H25NO2. The largest absolute Gasteiger partial charge is 0.478 e. The molecule has 1 fully saturated rings. The molecule has 0 amide bonds. The first-order valence-electron chi connectivity index (χ1n) is 7.70. The Kier molecular flexibility index (Phi) is 5.60. The molecule has 1 aliphatic rings. The number of carbonyl (C=O) groups is 1. The van der Waals surface area contributed by atoms with E-state index in [1.165, 1.54) is 32.1 Å². The highest BCUT2D eigenvalue weighted by molar-refractivity contribution is 5.87. The fourth-order valence-electron chi connectivity index (χ4n) is 3.11. The van der Waals surface area contributed by atoms with Crippen LogP contribution in [0.1, 0.15) is 54.9 Å². The minimum Gasteiger partial charge on any atom is -0.478 e. The van der Waals surface area contributed by atoms with E-state index in [1.54, 1.807) is 12.1 Å². The van der Waals surface area contributed by atoms with E-state index in [9.17, 15) is 4.79 Å². The van der Waals surface area contributed by atoms with Gasteiger partial charge in [0.2, 0.25) is 0 Å². The zero-order chi connectivity index (χ0) is 14.4. The second-order valence-electron chi connectivity index (χ2n) is 5.99. The summed E-state index contributed by atoms with van der Waals surface area (Å²) in [6, 6.07) is 7.12. The molecule has 2 unspecified atom stereocenters. The molecule has 3 nitrogen and oxygen atoms in total. The van der Waals surface area contributed by atoms with E-state index in [-0.39, 0.29) is 0 Å². The summed E-state index contributed by atoms with van der Waals surface area (Å²) in [6.45, 7) is 4.26. The van der Waals surface area contributed by atoms with Crippen molar-refractivity contribution in [3.05, 3.63) is 35.4 Å². The second-order valence-corrected chi connectivity index (χ2v) is 5.99. The highest BCUT2D eigenvalue weighted by Crippen LogP contribution is 2.31. The van der Waals surface area contributed by atoms with Gasteiger partial charge in [-0.2, -0.15) is 0 Å². The first kappa shape index (κ1) is 15.0. The molecule has 20 heavy (non-hydrogen) atoms. The third-order valence-corrected chi connectivity index (χ3v) is 4.51. The van der Waals surface area contributed by atoms with E-state index in [2.05, 4.69) is 12.2 Å². The molecule has 3 heteroatoms. The van der Waals surface area contributed by atoms with Crippen molar-refractivity contribution >= 4 is 5.97 Å². The monoisotopic (exact) mass is 275 g/mol. The molecule has 1 aromatic carbocycles. The van der Waals surface area contributed by atoms with Crippen molar-refractivity contribution in [3.8, 4) is 0 Å². The van der Waals surface area contributed by atoms with E-state index < -0.39 is 5.97 Å². The first-order valence-corrected chi connectivity index (χ1v) is 7.70. The maximum Gasteiger partial charge on any atom is 0.335 e. The molecule has 2 atom stereocenters. The minimum absolute atomic E-state index is 0.352. The number of carboxylic acid groups (broad SMARTS) is 1. The van der Waals surface area contributed by atoms with Gasteiger partial charge in [0.25, 0.3) is 0 Å². The van der Waals surface area contributed by atoms with Crippen LogP contribution in [0.5, 0.6) is 0 Å². The second kappa shape index (κ2) is 7.44. The number of nitrogens with one attached hydrogen (secondary N) is 1. The molecule has 0 heterocycles. The zero-order valence-electron chi connectivity index (χ0n) is 12.3. The Balaban J connectivity index is 1.69. The Morgan fingerprint density at radius 3 is 2.60 bits per heavy atom. The number of hydrogen-bond donors (Lipinski definition) is 2. The molecule has 1 aromatic rings. The summed E-state index contributed by atoms with van der Waals surface area (Å²) in [5.41, 5.74) is 1.50. The Hall–Kier alpha value is -1.35. The summed E-state index contributed by atoms with van der Waals surface area (Å²) in [4.78, 5) is 10.8. The Bertz CT molecular complexity index is 427. The predicted octanol–water partition coefficient (Wildman–Crippen LogP) is 3.69. The van der Waals surface area contributed by atoms with Crippen LogP contribution in [-0.2, 0) is 6.54 Å². The van der Waals surface area contributed by atoms with Crippen molar-refractivity contribution in [2.24, 2.45) is 11.8 Å². The number of benzene rings is 1. The molecule has 0 bridgehead atoms. The van der Waals surface area contributed by atoms with Crippen molar-refractivity contribution in [3.63, 3.8) is 0 Å². The molecule has 0 radical (unpaired) electrons. The van der Waals surface area contributed by atoms with Gasteiger partial charge in [0.15, 0.2) is 0 Å². The van der Waals surface area contributed by atoms with Crippen LogP contribution < -0.4 is 5.32 Å². The van der Waals surface area contributed by atoms with Crippen molar-refractivity contribution < 1.29 is 9.90 Å². The van der Waals surface area contributed by atoms with E-state index in [4.69, 9.17) is 5.11 Å². The molecule has 2 N–H and O–H groups in total. The van der Waals surface area contributed by atoms with Crippen molar-refractivity contribution in [1.82, 2.24) is 5.32 Å².